The summed E-state index contributed by atoms with van der Waals surface area (Å²) in [6.07, 6.45) is 3.44. The summed E-state index contributed by atoms with van der Waals surface area (Å²) in [7, 11) is 0. The van der Waals surface area contributed by atoms with Crippen molar-refractivity contribution >= 4 is 29.4 Å². The van der Waals surface area contributed by atoms with Gasteiger partial charge in [0.15, 0.2) is 0 Å². The van der Waals surface area contributed by atoms with E-state index in [2.05, 4.69) is 20.5 Å². The van der Waals surface area contributed by atoms with Gasteiger partial charge in [-0.2, -0.15) is 10.1 Å². The van der Waals surface area contributed by atoms with Gasteiger partial charge in [0, 0.05) is 24.1 Å². The Kier molecular flexibility index (Phi) is 5.14. The van der Waals surface area contributed by atoms with E-state index in [0.29, 0.717) is 42.1 Å². The smallest absolute Gasteiger partial charge is 0.260 e. The molecule has 2 aliphatic heterocycles. The Balaban J connectivity index is 1.28. The van der Waals surface area contributed by atoms with Crippen molar-refractivity contribution in [1.29, 1.82) is 0 Å². The van der Waals surface area contributed by atoms with E-state index in [4.69, 9.17) is 0 Å². The van der Waals surface area contributed by atoms with Gasteiger partial charge >= 0.3 is 0 Å². The molecule has 1 atom stereocenters. The molecule has 3 amide bonds. The fourth-order valence-electron chi connectivity index (χ4n) is 4.40. The van der Waals surface area contributed by atoms with E-state index in [9.17, 15) is 14.4 Å². The van der Waals surface area contributed by atoms with Crippen molar-refractivity contribution in [2.45, 2.75) is 31.8 Å². The predicted molar refractivity (Wildman–Crippen MR) is 117 cm³/mol. The van der Waals surface area contributed by atoms with Gasteiger partial charge in [0.2, 0.25) is 11.9 Å². The van der Waals surface area contributed by atoms with Gasteiger partial charge in [-0.15, -0.1) is 0 Å². The third-order valence-corrected chi connectivity index (χ3v) is 5.86. The molecule has 0 bridgehead atoms. The highest BCUT2D eigenvalue weighted by Crippen LogP contribution is 2.45. The van der Waals surface area contributed by atoms with Crippen molar-refractivity contribution in [2.24, 2.45) is 0 Å². The van der Waals surface area contributed by atoms with Crippen LogP contribution in [0.1, 0.15) is 58.1 Å². The number of H-pyrrole nitrogens is 1. The number of aromatic amines is 1. The van der Waals surface area contributed by atoms with Crippen LogP contribution in [0.3, 0.4) is 0 Å². The maximum Gasteiger partial charge on any atom is 0.260 e. The van der Waals surface area contributed by atoms with Gasteiger partial charge in [-0.05, 0) is 31.0 Å². The van der Waals surface area contributed by atoms with Crippen LogP contribution < -0.4 is 10.2 Å². The van der Waals surface area contributed by atoms with Crippen molar-refractivity contribution in [3.8, 4) is 0 Å². The molecular formula is C23H22N6O3. The molecule has 2 aliphatic rings. The fraction of sp³-hybridized carbons (Fsp3) is 0.261. The van der Waals surface area contributed by atoms with Crippen LogP contribution in [0, 0.1) is 0 Å². The quantitative estimate of drug-likeness (QED) is 0.560. The number of amides is 3. The highest BCUT2D eigenvalue weighted by Gasteiger charge is 2.47. The number of aromatic nitrogens is 3. The Bertz CT molecular complexity index is 1180. The van der Waals surface area contributed by atoms with Crippen LogP contribution in [0.15, 0.2) is 54.9 Å². The zero-order valence-corrected chi connectivity index (χ0v) is 17.3. The number of carbonyl (C=O) groups is 3. The minimum absolute atomic E-state index is 0.0746. The van der Waals surface area contributed by atoms with Gasteiger partial charge in [0.25, 0.3) is 11.8 Å². The minimum atomic E-state index is -0.434. The van der Waals surface area contributed by atoms with Gasteiger partial charge in [-0.25, -0.2) is 5.10 Å². The molecule has 0 saturated carbocycles. The molecule has 5 rings (SSSR count). The molecule has 3 aromatic rings. The van der Waals surface area contributed by atoms with E-state index in [1.165, 1.54) is 6.33 Å². The number of benzene rings is 2. The SMILES string of the molecule is O=C(CCCCCN1C(=O)c2ccccc2N2C(=O)c3ccccc3C12)Nc1ncn[nH]1. The number of nitrogens with one attached hydrogen (secondary N) is 2. The molecule has 9 nitrogen and oxygen atoms in total. The van der Waals surface area contributed by atoms with Crippen molar-refractivity contribution in [1.82, 2.24) is 20.1 Å². The van der Waals surface area contributed by atoms with Gasteiger partial charge in [0.05, 0.1) is 11.3 Å². The molecule has 2 N–H and O–H groups in total. The van der Waals surface area contributed by atoms with Crippen LogP contribution in [-0.4, -0.2) is 44.3 Å². The highest BCUT2D eigenvalue weighted by atomic mass is 16.2. The van der Waals surface area contributed by atoms with Crippen LogP contribution in [0.25, 0.3) is 0 Å². The largest absolute Gasteiger partial charge is 0.313 e. The lowest BCUT2D eigenvalue weighted by Gasteiger charge is -2.41. The van der Waals surface area contributed by atoms with Crippen molar-refractivity contribution in [3.63, 3.8) is 0 Å². The summed E-state index contributed by atoms with van der Waals surface area (Å²) in [4.78, 5) is 45.8. The minimum Gasteiger partial charge on any atom is -0.313 e. The van der Waals surface area contributed by atoms with Crippen LogP contribution in [0.4, 0.5) is 11.6 Å². The molecule has 0 aliphatic carbocycles. The lowest BCUT2D eigenvalue weighted by molar-refractivity contribution is -0.116. The molecule has 1 aromatic heterocycles. The first-order valence-electron chi connectivity index (χ1n) is 10.6. The Morgan fingerprint density at radius 2 is 1.75 bits per heavy atom. The Labute approximate surface area is 184 Å². The molecule has 0 spiro atoms. The summed E-state index contributed by atoms with van der Waals surface area (Å²) in [6.45, 7) is 0.500. The first-order valence-corrected chi connectivity index (χ1v) is 10.6. The molecule has 0 fully saturated rings. The van der Waals surface area contributed by atoms with Crippen molar-refractivity contribution in [3.05, 3.63) is 71.5 Å². The van der Waals surface area contributed by atoms with E-state index in [-0.39, 0.29) is 17.7 Å². The summed E-state index contributed by atoms with van der Waals surface area (Å²) in [5.41, 5.74) is 2.68. The number of carbonyl (C=O) groups excluding carboxylic acids is 3. The van der Waals surface area contributed by atoms with E-state index < -0.39 is 6.17 Å². The van der Waals surface area contributed by atoms with Gasteiger partial charge in [-0.3, -0.25) is 24.6 Å². The standard InChI is InChI=1S/C23H22N6O3/c30-19(26-23-24-14-25-27-23)12-2-1-7-13-28-20-15-8-3-4-9-16(15)22(32)29(20)18-11-6-5-10-17(18)21(28)31/h3-6,8-11,14,20H,1-2,7,12-13H2,(H2,24,25,26,27,30). The number of unbranched alkanes of at least 4 members (excludes halogenated alkanes) is 2. The number of anilines is 2. The monoisotopic (exact) mass is 430 g/mol. The van der Waals surface area contributed by atoms with Crippen LogP contribution in [-0.2, 0) is 4.79 Å². The number of para-hydroxylation sites is 1. The number of nitrogens with zero attached hydrogens (tertiary/aromatic N) is 4. The summed E-state index contributed by atoms with van der Waals surface area (Å²) >= 11 is 0. The topological polar surface area (TPSA) is 111 Å². The lowest BCUT2D eigenvalue weighted by atomic mass is 10.0. The summed E-state index contributed by atoms with van der Waals surface area (Å²) < 4.78 is 0. The van der Waals surface area contributed by atoms with Crippen LogP contribution >= 0.6 is 0 Å². The van der Waals surface area contributed by atoms with Crippen molar-refractivity contribution < 1.29 is 14.4 Å². The predicted octanol–water partition coefficient (Wildman–Crippen LogP) is 3.12. The van der Waals surface area contributed by atoms with E-state index in [1.54, 1.807) is 15.9 Å². The Hall–Kier alpha value is -4.01. The fourth-order valence-corrected chi connectivity index (χ4v) is 4.40. The van der Waals surface area contributed by atoms with Gasteiger partial charge in [-0.1, -0.05) is 36.8 Å². The maximum absolute atomic E-state index is 13.3. The molecule has 1 unspecified atom stereocenters. The highest BCUT2D eigenvalue weighted by molar-refractivity contribution is 6.16. The zero-order chi connectivity index (χ0) is 22.1. The first kappa shape index (κ1) is 19.9. The summed E-state index contributed by atoms with van der Waals surface area (Å²) in [6, 6.07) is 14.7. The maximum atomic E-state index is 13.3. The third-order valence-electron chi connectivity index (χ3n) is 5.86. The second kappa shape index (κ2) is 8.26. The normalized spacial score (nSPS) is 16.6. The number of hydrogen-bond donors (Lipinski definition) is 2. The van der Waals surface area contributed by atoms with E-state index in [1.807, 2.05) is 42.5 Å². The second-order valence-electron chi connectivity index (χ2n) is 7.84. The molecular weight excluding hydrogens is 408 g/mol. The second-order valence-corrected chi connectivity index (χ2v) is 7.84. The van der Waals surface area contributed by atoms with Gasteiger partial charge < -0.3 is 4.90 Å². The molecule has 0 radical (unpaired) electrons. The Morgan fingerprint density at radius 3 is 2.56 bits per heavy atom. The molecule has 162 valence electrons. The lowest BCUT2D eigenvalue weighted by Crippen LogP contribution is -2.48. The number of fused-ring (bicyclic) bond motifs is 5. The van der Waals surface area contributed by atoms with Gasteiger partial charge in [0.1, 0.15) is 12.5 Å². The Morgan fingerprint density at radius 1 is 0.969 bits per heavy atom. The molecule has 2 aromatic carbocycles. The van der Waals surface area contributed by atoms with Crippen molar-refractivity contribution in [2.75, 3.05) is 16.8 Å². The summed E-state index contributed by atoms with van der Waals surface area (Å²) in [5, 5.41) is 8.93. The third kappa shape index (κ3) is 3.41. The molecule has 9 heteroatoms. The molecule has 0 saturated heterocycles. The number of rotatable bonds is 7. The molecule has 32 heavy (non-hydrogen) atoms. The average molecular weight is 430 g/mol. The number of hydrogen-bond acceptors (Lipinski definition) is 5. The average Bonchev–Trinajstić information content (AvgIpc) is 3.42. The zero-order valence-electron chi connectivity index (χ0n) is 17.3. The summed E-state index contributed by atoms with van der Waals surface area (Å²) in [5.74, 6) is 0.0394. The first-order chi connectivity index (χ1) is 15.6. The van der Waals surface area contributed by atoms with Crippen LogP contribution in [0.5, 0.6) is 0 Å². The van der Waals surface area contributed by atoms with E-state index >= 15 is 0 Å². The van der Waals surface area contributed by atoms with Crippen LogP contribution in [0.2, 0.25) is 0 Å². The van der Waals surface area contributed by atoms with E-state index in [0.717, 1.165) is 18.4 Å². The molecule has 3 heterocycles.